The minimum Gasteiger partial charge on any atom is -0.484 e. The Morgan fingerprint density at radius 3 is 2.72 bits per heavy atom. The third kappa shape index (κ3) is 3.57. The van der Waals surface area contributed by atoms with Crippen molar-refractivity contribution in [2.75, 3.05) is 6.54 Å². The van der Waals surface area contributed by atoms with Crippen LogP contribution in [0, 0.1) is 0 Å². The monoisotopic (exact) mass is 385 g/mol. The Kier molecular flexibility index (Phi) is 4.44. The van der Waals surface area contributed by atoms with E-state index >= 15 is 0 Å². The second kappa shape index (κ2) is 7.39. The highest BCUT2D eigenvalue weighted by Crippen LogP contribution is 2.23. The van der Waals surface area contributed by atoms with Gasteiger partial charge in [0, 0.05) is 18.4 Å². The van der Waals surface area contributed by atoms with Crippen molar-refractivity contribution in [3.8, 4) is 5.75 Å². The molecule has 1 aliphatic rings. The van der Waals surface area contributed by atoms with E-state index in [4.69, 9.17) is 9.15 Å². The summed E-state index contributed by atoms with van der Waals surface area (Å²) < 4.78 is 11.6. The third-order valence-corrected chi connectivity index (χ3v) is 4.99. The van der Waals surface area contributed by atoms with Crippen LogP contribution in [-0.4, -0.2) is 27.3 Å². The predicted octanol–water partition coefficient (Wildman–Crippen LogP) is 4.00. The first-order chi connectivity index (χ1) is 14.3. The van der Waals surface area contributed by atoms with Crippen molar-refractivity contribution in [3.05, 3.63) is 89.8 Å². The molecule has 1 aliphatic heterocycles. The lowest BCUT2D eigenvalue weighted by Gasteiger charge is -2.25. The SMILES string of the molecule is O=C(c1ccc2ccccc2n1)N1CCc2nc(COc3ccccc3)oc2C1. The maximum absolute atomic E-state index is 12.9. The smallest absolute Gasteiger partial charge is 0.272 e. The number of carbonyl (C=O) groups excluding carboxylic acids is 1. The van der Waals surface area contributed by atoms with Crippen molar-refractivity contribution in [1.82, 2.24) is 14.9 Å². The molecule has 3 heterocycles. The summed E-state index contributed by atoms with van der Waals surface area (Å²) in [5, 5.41) is 1.02. The number of oxazole rings is 1. The molecule has 2 aromatic heterocycles. The maximum Gasteiger partial charge on any atom is 0.272 e. The normalized spacial score (nSPS) is 13.3. The van der Waals surface area contributed by atoms with E-state index in [1.165, 1.54) is 0 Å². The lowest BCUT2D eigenvalue weighted by molar-refractivity contribution is 0.0712. The van der Waals surface area contributed by atoms with Gasteiger partial charge in [-0.3, -0.25) is 4.79 Å². The maximum atomic E-state index is 12.9. The van der Waals surface area contributed by atoms with Crippen LogP contribution in [0.25, 0.3) is 10.9 Å². The summed E-state index contributed by atoms with van der Waals surface area (Å²) in [6.45, 7) is 1.24. The number of fused-ring (bicyclic) bond motifs is 2. The molecule has 6 heteroatoms. The molecule has 0 aliphatic carbocycles. The molecule has 6 nitrogen and oxygen atoms in total. The number of carbonyl (C=O) groups is 1. The molecule has 0 bridgehead atoms. The van der Waals surface area contributed by atoms with Gasteiger partial charge in [0.15, 0.2) is 6.61 Å². The Morgan fingerprint density at radius 1 is 1.00 bits per heavy atom. The Hall–Kier alpha value is -3.67. The quantitative estimate of drug-likeness (QED) is 0.531. The van der Waals surface area contributed by atoms with E-state index in [1.54, 1.807) is 11.0 Å². The van der Waals surface area contributed by atoms with Gasteiger partial charge in [0.2, 0.25) is 5.89 Å². The van der Waals surface area contributed by atoms with Gasteiger partial charge < -0.3 is 14.1 Å². The van der Waals surface area contributed by atoms with E-state index in [0.717, 1.165) is 28.1 Å². The van der Waals surface area contributed by atoms with Gasteiger partial charge >= 0.3 is 0 Å². The number of hydrogen-bond acceptors (Lipinski definition) is 5. The number of para-hydroxylation sites is 2. The van der Waals surface area contributed by atoms with Crippen LogP contribution < -0.4 is 4.74 Å². The molecule has 144 valence electrons. The van der Waals surface area contributed by atoms with Crippen molar-refractivity contribution in [3.63, 3.8) is 0 Å². The fraction of sp³-hybridized carbons (Fsp3) is 0.174. The number of ether oxygens (including phenoxy) is 1. The standard InChI is InChI=1S/C23H19N3O3/c27-23(20-11-10-16-6-4-5-9-18(16)24-20)26-13-12-19-21(14-26)29-22(25-19)15-28-17-7-2-1-3-8-17/h1-11H,12-15H2. The molecule has 0 unspecified atom stereocenters. The molecule has 0 spiro atoms. The Labute approximate surface area is 167 Å². The van der Waals surface area contributed by atoms with Crippen molar-refractivity contribution in [2.45, 2.75) is 19.6 Å². The number of aromatic nitrogens is 2. The number of hydrogen-bond donors (Lipinski definition) is 0. The molecule has 2 aromatic carbocycles. The molecular weight excluding hydrogens is 366 g/mol. The highest BCUT2D eigenvalue weighted by molar-refractivity contribution is 5.95. The van der Waals surface area contributed by atoms with Crippen LogP contribution in [0.4, 0.5) is 0 Å². The molecule has 0 saturated carbocycles. The van der Waals surface area contributed by atoms with Crippen molar-refractivity contribution in [2.24, 2.45) is 0 Å². The first kappa shape index (κ1) is 17.4. The number of amides is 1. The highest BCUT2D eigenvalue weighted by Gasteiger charge is 2.27. The van der Waals surface area contributed by atoms with Crippen molar-refractivity contribution >= 4 is 16.8 Å². The first-order valence-corrected chi connectivity index (χ1v) is 9.57. The molecule has 5 rings (SSSR count). The molecule has 0 radical (unpaired) electrons. The van der Waals surface area contributed by atoms with Crippen LogP contribution in [0.2, 0.25) is 0 Å². The lowest BCUT2D eigenvalue weighted by Crippen LogP contribution is -2.36. The van der Waals surface area contributed by atoms with Gasteiger partial charge in [0.1, 0.15) is 17.2 Å². The Morgan fingerprint density at radius 2 is 1.83 bits per heavy atom. The van der Waals surface area contributed by atoms with Gasteiger partial charge in [-0.15, -0.1) is 0 Å². The summed E-state index contributed by atoms with van der Waals surface area (Å²) in [4.78, 5) is 23.7. The molecule has 4 aromatic rings. The zero-order valence-electron chi connectivity index (χ0n) is 15.7. The number of nitrogens with zero attached hydrogens (tertiary/aromatic N) is 3. The van der Waals surface area contributed by atoms with Gasteiger partial charge in [0.25, 0.3) is 5.91 Å². The largest absolute Gasteiger partial charge is 0.484 e. The second-order valence-electron chi connectivity index (χ2n) is 6.95. The average Bonchev–Trinajstić information content (AvgIpc) is 3.20. The van der Waals surface area contributed by atoms with E-state index in [2.05, 4.69) is 9.97 Å². The summed E-state index contributed by atoms with van der Waals surface area (Å²) >= 11 is 0. The van der Waals surface area contributed by atoms with Crippen LogP contribution in [0.15, 0.2) is 71.1 Å². The topological polar surface area (TPSA) is 68.5 Å². The minimum atomic E-state index is -0.0973. The number of pyridine rings is 1. The summed E-state index contributed by atoms with van der Waals surface area (Å²) in [6.07, 6.45) is 0.656. The zero-order valence-corrected chi connectivity index (χ0v) is 15.7. The van der Waals surface area contributed by atoms with E-state index < -0.39 is 0 Å². The van der Waals surface area contributed by atoms with Gasteiger partial charge in [-0.2, -0.15) is 0 Å². The minimum absolute atomic E-state index is 0.0973. The molecule has 1 amide bonds. The van der Waals surface area contributed by atoms with Crippen LogP contribution in [0.3, 0.4) is 0 Å². The Bertz CT molecular complexity index is 1170. The van der Waals surface area contributed by atoms with Gasteiger partial charge in [-0.05, 0) is 24.3 Å². The zero-order chi connectivity index (χ0) is 19.6. The van der Waals surface area contributed by atoms with Crippen LogP contribution in [0.5, 0.6) is 5.75 Å². The van der Waals surface area contributed by atoms with Gasteiger partial charge in [-0.1, -0.05) is 42.5 Å². The number of rotatable bonds is 4. The first-order valence-electron chi connectivity index (χ1n) is 9.57. The lowest BCUT2D eigenvalue weighted by atomic mass is 10.1. The summed E-state index contributed by atoms with van der Waals surface area (Å²) in [5.41, 5.74) is 2.16. The predicted molar refractivity (Wildman–Crippen MR) is 107 cm³/mol. The molecule has 29 heavy (non-hydrogen) atoms. The van der Waals surface area contributed by atoms with Crippen molar-refractivity contribution < 1.29 is 13.9 Å². The van der Waals surface area contributed by atoms with E-state index in [-0.39, 0.29) is 12.5 Å². The second-order valence-corrected chi connectivity index (χ2v) is 6.95. The van der Waals surface area contributed by atoms with Crippen LogP contribution in [0.1, 0.15) is 27.8 Å². The van der Waals surface area contributed by atoms with Crippen LogP contribution >= 0.6 is 0 Å². The van der Waals surface area contributed by atoms with Gasteiger partial charge in [0.05, 0.1) is 17.8 Å². The summed E-state index contributed by atoms with van der Waals surface area (Å²) in [7, 11) is 0. The third-order valence-electron chi connectivity index (χ3n) is 4.99. The molecule has 0 saturated heterocycles. The van der Waals surface area contributed by atoms with E-state index in [1.807, 2.05) is 60.7 Å². The van der Waals surface area contributed by atoms with Gasteiger partial charge in [-0.25, -0.2) is 9.97 Å². The van der Waals surface area contributed by atoms with Crippen LogP contribution in [-0.2, 0) is 19.6 Å². The molecule has 0 fully saturated rings. The average molecular weight is 385 g/mol. The fourth-order valence-corrected chi connectivity index (χ4v) is 3.49. The summed E-state index contributed by atoms with van der Waals surface area (Å²) in [6, 6.07) is 21.0. The highest BCUT2D eigenvalue weighted by atomic mass is 16.5. The van der Waals surface area contributed by atoms with E-state index in [0.29, 0.717) is 31.1 Å². The summed E-state index contributed by atoms with van der Waals surface area (Å²) in [5.74, 6) is 1.91. The molecular formula is C23H19N3O3. The number of benzene rings is 2. The van der Waals surface area contributed by atoms with Crippen molar-refractivity contribution in [1.29, 1.82) is 0 Å². The van der Waals surface area contributed by atoms with E-state index in [9.17, 15) is 4.79 Å². The fourth-order valence-electron chi connectivity index (χ4n) is 3.49. The molecule has 0 atom stereocenters. The molecule has 0 N–H and O–H groups in total. The Balaban J connectivity index is 1.30.